The third kappa shape index (κ3) is 21.8. The predicted octanol–water partition coefficient (Wildman–Crippen LogP) is 5.20. The maximum atomic E-state index is 15.1. The van der Waals surface area contributed by atoms with Crippen molar-refractivity contribution in [3.8, 4) is 0 Å². The van der Waals surface area contributed by atoms with Crippen molar-refractivity contribution >= 4 is 65.0 Å². The lowest BCUT2D eigenvalue weighted by molar-refractivity contribution is -0.156. The first-order valence-electron chi connectivity index (χ1n) is 31.1. The fourth-order valence-corrected chi connectivity index (χ4v) is 10.8. The maximum absolute atomic E-state index is 15.1. The molecule has 490 valence electrons. The number of carbonyl (C=O) groups is 11. The van der Waals surface area contributed by atoms with E-state index in [0.29, 0.717) is 12.8 Å². The Balaban J connectivity index is 4.34. The molecule has 0 aromatic heterocycles. The van der Waals surface area contributed by atoms with E-state index in [1.165, 1.54) is 87.7 Å². The molecule has 0 unspecified atom stereocenters. The van der Waals surface area contributed by atoms with Crippen LogP contribution in [0.3, 0.4) is 0 Å². The number of nitrogens with zero attached hydrogens (tertiary/aromatic N) is 7. The summed E-state index contributed by atoms with van der Waals surface area (Å²) in [5.74, 6) is -8.59. The molecule has 1 heterocycles. The van der Waals surface area contributed by atoms with Crippen molar-refractivity contribution in [1.82, 2.24) is 55.6 Å². The highest BCUT2D eigenvalue weighted by Gasteiger charge is 2.44. The summed E-state index contributed by atoms with van der Waals surface area (Å²) < 4.78 is 0. The molecule has 11 amide bonds. The van der Waals surface area contributed by atoms with Crippen molar-refractivity contribution in [1.29, 1.82) is 0 Å². The summed E-state index contributed by atoms with van der Waals surface area (Å²) in [6.07, 6.45) is 5.79. The molecule has 0 radical (unpaired) electrons. The van der Waals surface area contributed by atoms with Gasteiger partial charge in [0.15, 0.2) is 0 Å². The zero-order valence-electron chi connectivity index (χ0n) is 57.0. The minimum Gasteiger partial charge on any atom is -0.343 e. The van der Waals surface area contributed by atoms with Crippen LogP contribution in [-0.2, 0) is 52.7 Å². The molecule has 4 N–H and O–H groups in total. The van der Waals surface area contributed by atoms with Crippen molar-refractivity contribution in [3.63, 3.8) is 0 Å². The topological polar surface area (TPSA) is 259 Å². The zero-order chi connectivity index (χ0) is 66.7. The number of hydrogen-bond acceptors (Lipinski definition) is 11. The number of amides is 11. The van der Waals surface area contributed by atoms with Gasteiger partial charge in [0, 0.05) is 49.3 Å². The number of carbonyl (C=O) groups excluding carboxylic acids is 11. The van der Waals surface area contributed by atoms with Crippen molar-refractivity contribution < 1.29 is 52.7 Å². The molecule has 1 saturated heterocycles. The summed E-state index contributed by atoms with van der Waals surface area (Å²) in [5.41, 5.74) is -0.311. The third-order valence-electron chi connectivity index (χ3n) is 16.4. The zero-order valence-corrected chi connectivity index (χ0v) is 57.0. The van der Waals surface area contributed by atoms with E-state index < -0.39 is 137 Å². The highest BCUT2D eigenvalue weighted by Crippen LogP contribution is 2.26. The summed E-state index contributed by atoms with van der Waals surface area (Å²) in [6, 6.07) is -11.7. The van der Waals surface area contributed by atoms with Gasteiger partial charge < -0.3 is 55.6 Å². The molecule has 0 bridgehead atoms. The Hall–Kier alpha value is -6.35. The van der Waals surface area contributed by atoms with Gasteiger partial charge in [-0.3, -0.25) is 52.7 Å². The molecule has 22 nitrogen and oxygen atoms in total. The minimum atomic E-state index is -1.22. The van der Waals surface area contributed by atoms with Gasteiger partial charge in [0.2, 0.25) is 59.1 Å². The van der Waals surface area contributed by atoms with E-state index in [2.05, 4.69) is 27.8 Å². The first-order valence-corrected chi connectivity index (χ1v) is 31.1. The number of allylic oxidation sites excluding steroid dienone is 2. The molecule has 0 aromatic carbocycles. The van der Waals surface area contributed by atoms with Crippen LogP contribution in [-0.4, -0.2) is 209 Å². The largest absolute Gasteiger partial charge is 0.343 e. The van der Waals surface area contributed by atoms with Crippen LogP contribution in [0.4, 0.5) is 0 Å². The van der Waals surface area contributed by atoms with Gasteiger partial charge in [-0.2, -0.15) is 0 Å². The number of likely N-dealkylation sites (N-methyl/N-ethyl adjacent to an activating group) is 7. The molecule has 1 rings (SSSR count). The lowest BCUT2D eigenvalue weighted by atomic mass is 9.93. The maximum Gasteiger partial charge on any atom is 0.270 e. The Morgan fingerprint density at radius 3 is 1.35 bits per heavy atom. The van der Waals surface area contributed by atoms with Crippen LogP contribution in [0.2, 0.25) is 0 Å². The Labute approximate surface area is 516 Å². The summed E-state index contributed by atoms with van der Waals surface area (Å²) >= 11 is 0. The smallest absolute Gasteiger partial charge is 0.270 e. The number of rotatable bonds is 16. The standard InChI is InChI=1S/C64H113N11O11/c1-26-28-29-42(15)35-49-56(78)67-46(27-2)60(82)69(19)45(18)59(81)71(21)48(32-37(5)6)57(79)68-52(40(11)12)63(85)70(20)47(31-30-36(3)4)55(77)65-43(16)54(76)66-44(17)58(80)73(23)50(33-38(7)8)61(83)74(24)51(34-39(9)10)62(84)75(25)53(41(13)14)64(86)72(49)22/h26,28,36-44,46-53H,18,27,29-35H2,1-17,19-25H3,(H,65,77)(H,66,76)(H,67,78)(H,68,79)/b28-26+/t42-,43-,44+,46-,47-,48+,49-,50+,51-,52-,53-/m1/s1. The summed E-state index contributed by atoms with van der Waals surface area (Å²) in [5, 5.41) is 11.1. The Morgan fingerprint density at radius 1 is 0.453 bits per heavy atom. The van der Waals surface area contributed by atoms with Crippen LogP contribution in [0, 0.1) is 41.4 Å². The first-order chi connectivity index (χ1) is 39.7. The molecule has 0 aromatic rings. The fourth-order valence-electron chi connectivity index (χ4n) is 10.8. The second-order valence-corrected chi connectivity index (χ2v) is 26.4. The summed E-state index contributed by atoms with van der Waals surface area (Å²) in [7, 11) is 10.1. The molecule has 22 heteroatoms. The van der Waals surface area contributed by atoms with Crippen LogP contribution < -0.4 is 21.3 Å². The van der Waals surface area contributed by atoms with Gasteiger partial charge in [-0.25, -0.2) is 0 Å². The highest BCUT2D eigenvalue weighted by molar-refractivity contribution is 6.02. The van der Waals surface area contributed by atoms with Crippen molar-refractivity contribution in [3.05, 3.63) is 24.4 Å². The third-order valence-corrected chi connectivity index (χ3v) is 16.4. The van der Waals surface area contributed by atoms with Gasteiger partial charge in [-0.1, -0.05) is 116 Å². The van der Waals surface area contributed by atoms with Gasteiger partial charge in [-0.15, -0.1) is 0 Å². The van der Waals surface area contributed by atoms with Gasteiger partial charge >= 0.3 is 0 Å². The minimum absolute atomic E-state index is 0.0620. The van der Waals surface area contributed by atoms with Crippen LogP contribution >= 0.6 is 0 Å². The molecule has 1 fully saturated rings. The van der Waals surface area contributed by atoms with E-state index in [0.717, 1.165) is 9.80 Å². The molecule has 1 aliphatic heterocycles. The quantitative estimate of drug-likeness (QED) is 0.115. The monoisotopic (exact) mass is 1210 g/mol. The lowest BCUT2D eigenvalue weighted by Gasteiger charge is -2.41. The van der Waals surface area contributed by atoms with E-state index in [1.54, 1.807) is 34.6 Å². The highest BCUT2D eigenvalue weighted by atomic mass is 16.2. The van der Waals surface area contributed by atoms with Gasteiger partial charge in [0.1, 0.15) is 66.1 Å². The number of hydrogen-bond donors (Lipinski definition) is 4. The van der Waals surface area contributed by atoms with Crippen LogP contribution in [0.1, 0.15) is 169 Å². The van der Waals surface area contributed by atoms with E-state index in [9.17, 15) is 43.2 Å². The second-order valence-electron chi connectivity index (χ2n) is 26.4. The molecule has 0 saturated carbocycles. The second kappa shape index (κ2) is 35.5. The molecular weight excluding hydrogens is 1100 g/mol. The number of nitrogens with one attached hydrogen (secondary N) is 4. The van der Waals surface area contributed by atoms with E-state index in [1.807, 2.05) is 81.4 Å². The SMILES string of the molecule is C=C1C(=O)N(C)[C@@H](CC(C)C)C(=O)N[C@H](C(C)C)C(=O)N(C)[C@H](CCC(C)C)C(=O)N[C@H](C)C(=O)N[C@@H](C)C(=O)N(C)[C@@H](CC(C)C)C(=O)N(C)[C@H](CC(C)C)C(=O)N(C)[C@H](C(C)C)C(=O)N(C)[C@H](C[C@H](C)C/C=C/C)C(=O)N[C@H](CC)C(=O)N1C. The first kappa shape index (κ1) is 77.7. The molecular formula is C64H113N11O11. The molecule has 0 spiro atoms. The van der Waals surface area contributed by atoms with Gasteiger partial charge in [-0.05, 0) is 114 Å². The van der Waals surface area contributed by atoms with Crippen molar-refractivity contribution in [2.24, 2.45) is 41.4 Å². The summed E-state index contributed by atoms with van der Waals surface area (Å²) in [4.78, 5) is 170. The fraction of sp³-hybridized carbons (Fsp3) is 0.766. The molecule has 1 aliphatic rings. The van der Waals surface area contributed by atoms with Gasteiger partial charge in [0.25, 0.3) is 5.91 Å². The van der Waals surface area contributed by atoms with E-state index in [-0.39, 0.29) is 73.8 Å². The Morgan fingerprint density at radius 2 is 0.884 bits per heavy atom. The van der Waals surface area contributed by atoms with Crippen molar-refractivity contribution in [2.45, 2.75) is 229 Å². The molecule has 11 atom stereocenters. The average Bonchev–Trinajstić information content (AvgIpc) is 1.33. The van der Waals surface area contributed by atoms with Gasteiger partial charge in [0.05, 0.1) is 0 Å². The normalized spacial score (nSPS) is 26.4. The van der Waals surface area contributed by atoms with Crippen LogP contribution in [0.15, 0.2) is 24.4 Å². The lowest BCUT2D eigenvalue weighted by Crippen LogP contribution is -2.61. The molecule has 86 heavy (non-hydrogen) atoms. The average molecular weight is 1210 g/mol. The van der Waals surface area contributed by atoms with E-state index in [4.69, 9.17) is 0 Å². The Kier molecular flexibility index (Phi) is 32.0. The predicted molar refractivity (Wildman–Crippen MR) is 336 cm³/mol. The van der Waals surface area contributed by atoms with Crippen molar-refractivity contribution in [2.75, 3.05) is 49.3 Å². The molecule has 0 aliphatic carbocycles. The van der Waals surface area contributed by atoms with Crippen LogP contribution in [0.25, 0.3) is 0 Å². The Bertz CT molecular complexity index is 2390. The van der Waals surface area contributed by atoms with Crippen LogP contribution in [0.5, 0.6) is 0 Å². The van der Waals surface area contributed by atoms with E-state index >= 15 is 9.59 Å². The summed E-state index contributed by atoms with van der Waals surface area (Å²) in [6.45, 7) is 34.6.